The molecule has 0 aliphatic rings. The van der Waals surface area contributed by atoms with E-state index in [1.165, 1.54) is 0 Å². The lowest BCUT2D eigenvalue weighted by atomic mass is 10.00. The highest BCUT2D eigenvalue weighted by molar-refractivity contribution is 7.05. The van der Waals surface area contributed by atoms with Gasteiger partial charge in [-0.05, 0) is 5.04 Å². The Morgan fingerprint density at radius 3 is 1.52 bits per heavy atom. The van der Waals surface area contributed by atoms with Crippen molar-refractivity contribution in [2.45, 2.75) is 38.5 Å². The van der Waals surface area contributed by atoms with E-state index >= 15 is 0 Å². The van der Waals surface area contributed by atoms with Crippen molar-refractivity contribution in [3.05, 3.63) is 96.6 Å². The molecule has 2 nitrogen and oxygen atoms in total. The van der Waals surface area contributed by atoms with Crippen LogP contribution in [0.3, 0.4) is 0 Å². The van der Waals surface area contributed by atoms with Crippen LogP contribution in [0.4, 0.5) is 0 Å². The van der Waals surface area contributed by atoms with Crippen LogP contribution >= 0.6 is 0 Å². The Morgan fingerprint density at radius 1 is 0.759 bits per heavy atom. The molecule has 3 rings (SSSR count). The number of benzene rings is 3. The van der Waals surface area contributed by atoms with Crippen molar-refractivity contribution in [2.24, 2.45) is 5.92 Å². The molecule has 0 aliphatic heterocycles. The number of carbonyl (C=O) groups excluding carboxylic acids is 1. The molecule has 29 heavy (non-hydrogen) atoms. The van der Waals surface area contributed by atoms with Crippen molar-refractivity contribution in [2.75, 3.05) is 0 Å². The summed E-state index contributed by atoms with van der Waals surface area (Å²) in [6.45, 7) is 8.46. The summed E-state index contributed by atoms with van der Waals surface area (Å²) in [5.41, 5.74) is -0.114. The van der Waals surface area contributed by atoms with Gasteiger partial charge >= 0.3 is 0 Å². The zero-order valence-corrected chi connectivity index (χ0v) is 18.7. The van der Waals surface area contributed by atoms with E-state index in [2.05, 4.69) is 45.0 Å². The maximum absolute atomic E-state index is 13.3. The minimum absolute atomic E-state index is 0.00825. The number of ketones is 1. The maximum Gasteiger partial charge on any atom is 0.167 e. The van der Waals surface area contributed by atoms with E-state index in [1.807, 2.05) is 73.7 Å². The summed E-state index contributed by atoms with van der Waals surface area (Å²) in [4.78, 5) is 13.3. The molecule has 0 aromatic heterocycles. The molecule has 0 fully saturated rings. The molecule has 3 aromatic carbocycles. The quantitative estimate of drug-likeness (QED) is 0.488. The third-order valence-corrected chi connectivity index (χ3v) is 12.3. The molecule has 0 heterocycles. The van der Waals surface area contributed by atoms with Crippen LogP contribution in [0.25, 0.3) is 0 Å². The lowest BCUT2D eigenvalue weighted by Crippen LogP contribution is -2.73. The van der Waals surface area contributed by atoms with Gasteiger partial charge in [0, 0.05) is 11.5 Å². The Hall–Kier alpha value is -2.49. The highest BCUT2D eigenvalue weighted by Gasteiger charge is 2.55. The van der Waals surface area contributed by atoms with Gasteiger partial charge in [0.05, 0.1) is 5.73 Å². The van der Waals surface area contributed by atoms with E-state index in [0.717, 1.165) is 10.4 Å². The molecule has 0 radical (unpaired) electrons. The van der Waals surface area contributed by atoms with Crippen LogP contribution in [0.15, 0.2) is 91.0 Å². The number of rotatable bonds is 6. The molecule has 3 heteroatoms. The molecule has 0 aliphatic carbocycles. The number of aliphatic hydroxyl groups excluding tert-OH is 1. The van der Waals surface area contributed by atoms with Crippen molar-refractivity contribution >= 4 is 24.2 Å². The Morgan fingerprint density at radius 2 is 1.14 bits per heavy atom. The van der Waals surface area contributed by atoms with E-state index in [4.69, 9.17) is 0 Å². The lowest BCUT2D eigenvalue weighted by molar-refractivity contribution is 0.0829. The van der Waals surface area contributed by atoms with Gasteiger partial charge in [-0.15, -0.1) is 0 Å². The van der Waals surface area contributed by atoms with E-state index in [-0.39, 0.29) is 10.8 Å². The Balaban J connectivity index is 2.21. The maximum atomic E-state index is 13.3. The zero-order valence-electron chi connectivity index (χ0n) is 17.7. The molecule has 1 N–H and O–H groups in total. The summed E-state index contributed by atoms with van der Waals surface area (Å²) < 4.78 is 0. The normalized spacial score (nSPS) is 14.2. The molecular weight excluding hydrogens is 372 g/mol. The van der Waals surface area contributed by atoms with Crippen LogP contribution in [-0.4, -0.2) is 24.7 Å². The van der Waals surface area contributed by atoms with Gasteiger partial charge in [-0.1, -0.05) is 129 Å². The van der Waals surface area contributed by atoms with E-state index in [0.29, 0.717) is 5.56 Å². The van der Waals surface area contributed by atoms with Crippen LogP contribution in [-0.2, 0) is 0 Å². The van der Waals surface area contributed by atoms with E-state index in [1.54, 1.807) is 0 Å². The minimum Gasteiger partial charge on any atom is -0.395 e. The standard InChI is InChI=1S/C26H30O2Si/c1-20(24(27)21-14-8-5-9-15-21)25(28)29(26(2,3)4,22-16-10-6-11-17-22)23-18-12-7-13-19-23/h5-20,25,28H,1-4H3/t20-,25-/m1/s1. The average molecular weight is 403 g/mol. The molecule has 0 saturated carbocycles. The highest BCUT2D eigenvalue weighted by atomic mass is 28.3. The largest absolute Gasteiger partial charge is 0.395 e. The predicted molar refractivity (Wildman–Crippen MR) is 124 cm³/mol. The molecule has 3 aromatic rings. The molecular formula is C26H30O2Si. The third kappa shape index (κ3) is 3.85. The summed E-state index contributed by atoms with van der Waals surface area (Å²) in [5.74, 6) is -0.519. The second-order valence-corrected chi connectivity index (χ2v) is 13.6. The van der Waals surface area contributed by atoms with Crippen LogP contribution in [0.5, 0.6) is 0 Å². The molecule has 0 spiro atoms. The second-order valence-electron chi connectivity index (χ2n) is 8.75. The first-order chi connectivity index (χ1) is 13.8. The fourth-order valence-electron chi connectivity index (χ4n) is 4.60. The first kappa shape index (κ1) is 21.2. The molecule has 2 atom stereocenters. The Kier molecular flexibility index (Phi) is 6.20. The lowest BCUT2D eigenvalue weighted by Gasteiger charge is -2.48. The van der Waals surface area contributed by atoms with Gasteiger partial charge in [0.1, 0.15) is 0 Å². The molecule has 0 amide bonds. The number of aliphatic hydroxyl groups is 1. The smallest absolute Gasteiger partial charge is 0.167 e. The summed E-state index contributed by atoms with van der Waals surface area (Å²) in [7, 11) is -2.78. The number of hydrogen-bond donors (Lipinski definition) is 1. The van der Waals surface area contributed by atoms with Gasteiger partial charge in [0.2, 0.25) is 0 Å². The molecule has 0 bridgehead atoms. The van der Waals surface area contributed by atoms with Crippen molar-refractivity contribution < 1.29 is 9.90 Å². The zero-order chi connectivity index (χ0) is 21.1. The third-order valence-electron chi connectivity index (χ3n) is 6.03. The van der Waals surface area contributed by atoms with Gasteiger partial charge in [0.25, 0.3) is 0 Å². The summed E-state index contributed by atoms with van der Waals surface area (Å²) in [5, 5.41) is 14.0. The number of hydrogen-bond acceptors (Lipinski definition) is 2. The second kappa shape index (κ2) is 8.48. The van der Waals surface area contributed by atoms with Crippen molar-refractivity contribution in [1.29, 1.82) is 0 Å². The first-order valence-corrected chi connectivity index (χ1v) is 12.3. The number of carbonyl (C=O) groups is 1. The van der Waals surface area contributed by atoms with Crippen molar-refractivity contribution in [1.82, 2.24) is 0 Å². The van der Waals surface area contributed by atoms with Crippen LogP contribution < -0.4 is 10.4 Å². The predicted octanol–water partition coefficient (Wildman–Crippen LogP) is 4.47. The van der Waals surface area contributed by atoms with Gasteiger partial charge < -0.3 is 5.11 Å². The van der Waals surface area contributed by atoms with Gasteiger partial charge in [-0.2, -0.15) is 0 Å². The molecule has 150 valence electrons. The minimum atomic E-state index is -2.78. The van der Waals surface area contributed by atoms with Crippen LogP contribution in [0.2, 0.25) is 5.04 Å². The monoisotopic (exact) mass is 402 g/mol. The van der Waals surface area contributed by atoms with E-state index in [9.17, 15) is 9.90 Å². The summed E-state index contributed by atoms with van der Waals surface area (Å²) in [6.07, 6.45) is 0. The topological polar surface area (TPSA) is 37.3 Å². The van der Waals surface area contributed by atoms with Crippen molar-refractivity contribution in [3.8, 4) is 0 Å². The summed E-state index contributed by atoms with van der Waals surface area (Å²) >= 11 is 0. The fraction of sp³-hybridized carbons (Fsp3) is 0.269. The molecule has 0 saturated heterocycles. The SMILES string of the molecule is C[C@H](C(=O)c1ccccc1)[C@H](O)[Si](c1ccccc1)(c1ccccc1)C(C)(C)C. The first-order valence-electron chi connectivity index (χ1n) is 10.2. The Bertz CT molecular complexity index is 891. The Labute approximate surface area is 175 Å². The molecule has 0 unspecified atom stereocenters. The van der Waals surface area contributed by atoms with E-state index < -0.39 is 19.7 Å². The fourth-order valence-corrected chi connectivity index (χ4v) is 10.6. The average Bonchev–Trinajstić information content (AvgIpc) is 2.74. The van der Waals surface area contributed by atoms with Gasteiger partial charge in [0.15, 0.2) is 13.9 Å². The van der Waals surface area contributed by atoms with Crippen LogP contribution in [0.1, 0.15) is 38.1 Å². The van der Waals surface area contributed by atoms with Gasteiger partial charge in [-0.3, -0.25) is 4.79 Å². The van der Waals surface area contributed by atoms with Crippen molar-refractivity contribution in [3.63, 3.8) is 0 Å². The van der Waals surface area contributed by atoms with Crippen LogP contribution in [0, 0.1) is 5.92 Å². The number of Topliss-reactive ketones (excluding diaryl/α,β-unsaturated/α-hetero) is 1. The highest BCUT2D eigenvalue weighted by Crippen LogP contribution is 2.40. The van der Waals surface area contributed by atoms with Gasteiger partial charge in [-0.25, -0.2) is 0 Å². The summed E-state index contributed by atoms with van der Waals surface area (Å²) in [6, 6.07) is 29.9.